The minimum atomic E-state index is -3.50. The molecule has 2 aliphatic rings. The number of rotatable bonds is 7. The van der Waals surface area contributed by atoms with E-state index in [1.165, 1.54) is 0 Å². The van der Waals surface area contributed by atoms with Crippen LogP contribution in [0.15, 0.2) is 34.9 Å². The number of benzene rings is 1. The molecule has 0 spiro atoms. The van der Waals surface area contributed by atoms with Crippen LogP contribution in [0.3, 0.4) is 0 Å². The number of anilines is 2. The van der Waals surface area contributed by atoms with Crippen LogP contribution in [0.4, 0.5) is 11.6 Å². The van der Waals surface area contributed by atoms with Crippen molar-refractivity contribution in [3.8, 4) is 23.0 Å². The van der Waals surface area contributed by atoms with E-state index in [9.17, 15) is 8.42 Å². The van der Waals surface area contributed by atoms with Gasteiger partial charge in [0, 0.05) is 38.2 Å². The maximum atomic E-state index is 11.6. The quantitative estimate of drug-likeness (QED) is 0.466. The molecule has 2 aromatic heterocycles. The first-order valence-corrected chi connectivity index (χ1v) is 13.0. The molecular weight excluding hydrogens is 458 g/mol. The van der Waals surface area contributed by atoms with Gasteiger partial charge in [0.2, 0.25) is 5.89 Å². The molecule has 3 unspecified atom stereocenters. The molecule has 0 radical (unpaired) electrons. The molecule has 0 amide bonds. The normalized spacial score (nSPS) is 22.3. The van der Waals surface area contributed by atoms with Crippen LogP contribution in [-0.4, -0.2) is 61.1 Å². The molecule has 3 aromatic rings. The minimum Gasteiger partial charge on any atom is -0.414 e. The molecule has 1 aliphatic carbocycles. The minimum absolute atomic E-state index is 0. The van der Waals surface area contributed by atoms with Gasteiger partial charge in [-0.15, -0.1) is 10.2 Å². The molecule has 1 saturated heterocycles. The van der Waals surface area contributed by atoms with Crippen molar-refractivity contribution in [3.05, 3.63) is 36.0 Å². The summed E-state index contributed by atoms with van der Waals surface area (Å²) >= 11 is 0. The van der Waals surface area contributed by atoms with Gasteiger partial charge in [0.15, 0.2) is 11.5 Å². The highest BCUT2D eigenvalue weighted by Crippen LogP contribution is 2.41. The zero-order valence-electron chi connectivity index (χ0n) is 19.0. The van der Waals surface area contributed by atoms with Crippen LogP contribution < -0.4 is 16.0 Å². The van der Waals surface area contributed by atoms with Gasteiger partial charge in [-0.05, 0) is 43.5 Å². The number of hydrogen-bond donors (Lipinski definition) is 2. The summed E-state index contributed by atoms with van der Waals surface area (Å²) in [6, 6.07) is 7.84. The van der Waals surface area contributed by atoms with E-state index in [4.69, 9.17) is 14.3 Å². The fourth-order valence-corrected chi connectivity index (χ4v) is 5.54. The van der Waals surface area contributed by atoms with E-state index < -0.39 is 10.1 Å². The first-order valence-electron chi connectivity index (χ1n) is 11.1. The monoisotopic (exact) mass is 495 g/mol. The van der Waals surface area contributed by atoms with Crippen molar-refractivity contribution in [3.63, 3.8) is 0 Å². The average molecular weight is 496 g/mol. The predicted octanol–water partition coefficient (Wildman–Crippen LogP) is 2.92. The molecule has 1 aromatic carbocycles. The highest BCUT2D eigenvalue weighted by molar-refractivity contribution is 7.86. The standard InChI is InChI=1S/C22H27N7O4S.5H2/c1-24-9-13-3-5-14(6-4-13)21-27-28-22(32-21)19-20(23)25-10-18(26-19)29-11-15-7-8-17(16(15)12-29)33-34(2,30)31;;;;;/h3-6,10,15-17,24H,7-9,11-12H2,1-2H3,(H2,23,25);5*1H. The molecule has 3 heterocycles. The second-order valence-electron chi connectivity index (χ2n) is 8.85. The third-order valence-corrected chi connectivity index (χ3v) is 7.01. The van der Waals surface area contributed by atoms with Crippen LogP contribution in [0.25, 0.3) is 23.0 Å². The van der Waals surface area contributed by atoms with Gasteiger partial charge in [-0.3, -0.25) is 4.18 Å². The second-order valence-corrected chi connectivity index (χ2v) is 10.4. The molecule has 1 aliphatic heterocycles. The van der Waals surface area contributed by atoms with E-state index in [0.717, 1.165) is 43.3 Å². The van der Waals surface area contributed by atoms with E-state index in [1.54, 1.807) is 6.20 Å². The van der Waals surface area contributed by atoms with Crippen LogP contribution in [-0.2, 0) is 20.8 Å². The molecule has 34 heavy (non-hydrogen) atoms. The fraction of sp³-hybridized carbons (Fsp3) is 0.455. The van der Waals surface area contributed by atoms with Crippen LogP contribution >= 0.6 is 0 Å². The van der Waals surface area contributed by atoms with E-state index in [1.807, 2.05) is 31.3 Å². The Hall–Kier alpha value is -3.09. The van der Waals surface area contributed by atoms with Crippen molar-refractivity contribution in [2.75, 3.05) is 37.0 Å². The fourth-order valence-electron chi connectivity index (χ4n) is 4.85. The Morgan fingerprint density at radius 1 is 1.21 bits per heavy atom. The summed E-state index contributed by atoms with van der Waals surface area (Å²) in [7, 11) is -1.60. The first kappa shape index (κ1) is 22.7. The molecule has 3 N–H and O–H groups in total. The smallest absolute Gasteiger partial charge is 0.270 e. The van der Waals surface area contributed by atoms with Crippen molar-refractivity contribution >= 4 is 21.8 Å². The van der Waals surface area contributed by atoms with Gasteiger partial charge in [-0.1, -0.05) is 12.1 Å². The molecule has 0 bridgehead atoms. The topological polar surface area (TPSA) is 149 Å². The lowest BCUT2D eigenvalue weighted by Crippen LogP contribution is -2.28. The SMILES string of the molecule is CNCc1ccc(-c2nnc(-c3nc(N4CC5CCC(OS(C)(=O)=O)C5C4)cnc3N)o2)cc1.[HH].[HH].[HH].[HH].[HH]. The largest absolute Gasteiger partial charge is 0.414 e. The summed E-state index contributed by atoms with van der Waals surface area (Å²) in [5.74, 6) is 1.86. The maximum Gasteiger partial charge on any atom is 0.270 e. The number of nitrogens with two attached hydrogens (primary N) is 1. The van der Waals surface area contributed by atoms with Gasteiger partial charge in [0.1, 0.15) is 5.82 Å². The van der Waals surface area contributed by atoms with Crippen molar-refractivity contribution in [1.29, 1.82) is 0 Å². The van der Waals surface area contributed by atoms with Crippen LogP contribution in [0.5, 0.6) is 0 Å². The summed E-state index contributed by atoms with van der Waals surface area (Å²) in [5.41, 5.74) is 8.36. The summed E-state index contributed by atoms with van der Waals surface area (Å²) in [6.45, 7) is 2.16. The third-order valence-electron chi connectivity index (χ3n) is 6.41. The summed E-state index contributed by atoms with van der Waals surface area (Å²) in [5, 5.41) is 11.4. The highest BCUT2D eigenvalue weighted by atomic mass is 32.2. The van der Waals surface area contributed by atoms with Crippen molar-refractivity contribution in [2.24, 2.45) is 11.8 Å². The molecule has 1 saturated carbocycles. The Morgan fingerprint density at radius 2 is 1.97 bits per heavy atom. The predicted molar refractivity (Wildman–Crippen MR) is 137 cm³/mol. The number of nitrogen functional groups attached to an aromatic ring is 1. The summed E-state index contributed by atoms with van der Waals surface area (Å²) in [4.78, 5) is 11.1. The Balaban J connectivity index is 0.00000289. The molecule has 12 heteroatoms. The Labute approximate surface area is 205 Å². The van der Waals surface area contributed by atoms with E-state index >= 15 is 0 Å². The van der Waals surface area contributed by atoms with Crippen LogP contribution in [0.2, 0.25) is 0 Å². The molecule has 190 valence electrons. The van der Waals surface area contributed by atoms with Gasteiger partial charge >= 0.3 is 0 Å². The summed E-state index contributed by atoms with van der Waals surface area (Å²) in [6.07, 6.45) is 4.07. The van der Waals surface area contributed by atoms with E-state index in [-0.39, 0.29) is 30.9 Å². The van der Waals surface area contributed by atoms with Gasteiger partial charge in [-0.25, -0.2) is 9.97 Å². The molecule has 2 fully saturated rings. The molecule has 11 nitrogen and oxygen atoms in total. The number of nitrogens with one attached hydrogen (secondary N) is 1. The molecule has 5 rings (SSSR count). The molecule has 3 atom stereocenters. The third kappa shape index (κ3) is 4.61. The Kier molecular flexibility index (Phi) is 5.96. The van der Waals surface area contributed by atoms with Crippen LogP contribution in [0, 0.1) is 11.8 Å². The lowest BCUT2D eigenvalue weighted by Gasteiger charge is -2.21. The average Bonchev–Trinajstić information content (AvgIpc) is 3.52. The van der Waals surface area contributed by atoms with E-state index in [2.05, 4.69) is 30.4 Å². The summed E-state index contributed by atoms with van der Waals surface area (Å²) < 4.78 is 34.4. The number of fused-ring (bicyclic) bond motifs is 1. The van der Waals surface area contributed by atoms with Gasteiger partial charge in [-0.2, -0.15) is 8.42 Å². The van der Waals surface area contributed by atoms with Gasteiger partial charge in [0.05, 0.1) is 18.6 Å². The van der Waals surface area contributed by atoms with Crippen molar-refractivity contribution in [1.82, 2.24) is 25.5 Å². The van der Waals surface area contributed by atoms with E-state index in [0.29, 0.717) is 29.9 Å². The van der Waals surface area contributed by atoms with Gasteiger partial charge < -0.3 is 20.4 Å². The molecular formula is C22H37N7O4S. The number of hydrogen-bond acceptors (Lipinski definition) is 11. The Bertz CT molecular complexity index is 1300. The van der Waals surface area contributed by atoms with Crippen LogP contribution in [0.1, 0.15) is 25.5 Å². The maximum absolute atomic E-state index is 11.6. The number of nitrogens with zero attached hydrogens (tertiary/aromatic N) is 5. The van der Waals surface area contributed by atoms with Gasteiger partial charge in [0.25, 0.3) is 16.0 Å². The zero-order valence-corrected chi connectivity index (χ0v) is 19.8. The Morgan fingerprint density at radius 3 is 2.71 bits per heavy atom. The highest BCUT2D eigenvalue weighted by Gasteiger charge is 2.45. The van der Waals surface area contributed by atoms with Crippen molar-refractivity contribution in [2.45, 2.75) is 25.5 Å². The lowest BCUT2D eigenvalue weighted by atomic mass is 10.00. The second kappa shape index (κ2) is 8.93. The number of aromatic nitrogens is 4. The van der Waals surface area contributed by atoms with Crippen molar-refractivity contribution < 1.29 is 24.2 Å². The first-order chi connectivity index (χ1) is 16.3. The zero-order chi connectivity index (χ0) is 23.9. The lowest BCUT2D eigenvalue weighted by molar-refractivity contribution is 0.168.